The maximum Gasteiger partial charge on any atom is 0.00951 e. The quantitative estimate of drug-likeness (QED) is 0.689. The van der Waals surface area contributed by atoms with E-state index in [2.05, 4.69) is 18.7 Å². The Morgan fingerprint density at radius 2 is 1.94 bits per heavy atom. The first-order valence-electron chi connectivity index (χ1n) is 7.22. The zero-order valence-corrected chi connectivity index (χ0v) is 11.3. The molecule has 0 radical (unpaired) electrons. The number of nitrogens with zero attached hydrogens (tertiary/aromatic N) is 1. The molecule has 0 aliphatic heterocycles. The Hall–Kier alpha value is -0.0800. The summed E-state index contributed by atoms with van der Waals surface area (Å²) in [5, 5.41) is 0. The van der Waals surface area contributed by atoms with Crippen LogP contribution in [0.4, 0.5) is 0 Å². The van der Waals surface area contributed by atoms with Crippen molar-refractivity contribution in [2.24, 2.45) is 11.7 Å². The Morgan fingerprint density at radius 3 is 2.50 bits per heavy atom. The van der Waals surface area contributed by atoms with Gasteiger partial charge in [-0.25, -0.2) is 0 Å². The van der Waals surface area contributed by atoms with Gasteiger partial charge in [-0.15, -0.1) is 0 Å². The first-order chi connectivity index (χ1) is 7.77. The largest absolute Gasteiger partial charge is 0.330 e. The first kappa shape index (κ1) is 14.0. The van der Waals surface area contributed by atoms with Gasteiger partial charge in [-0.05, 0) is 57.7 Å². The van der Waals surface area contributed by atoms with E-state index < -0.39 is 0 Å². The highest BCUT2D eigenvalue weighted by Crippen LogP contribution is 2.23. The standard InChI is InChI=1S/C14H30N2/c1-3-16(14-8-4-5-9-14)12-6-7-13(2)10-11-15/h13-14H,3-12,15H2,1-2H3. The van der Waals surface area contributed by atoms with Crippen molar-refractivity contribution in [2.45, 2.75) is 64.8 Å². The summed E-state index contributed by atoms with van der Waals surface area (Å²) in [4.78, 5) is 2.70. The van der Waals surface area contributed by atoms with Crippen molar-refractivity contribution in [1.29, 1.82) is 0 Å². The van der Waals surface area contributed by atoms with Crippen LogP contribution in [0.5, 0.6) is 0 Å². The highest BCUT2D eigenvalue weighted by Gasteiger charge is 2.20. The van der Waals surface area contributed by atoms with E-state index in [4.69, 9.17) is 5.73 Å². The van der Waals surface area contributed by atoms with Crippen molar-refractivity contribution < 1.29 is 0 Å². The number of rotatable bonds is 8. The lowest BCUT2D eigenvalue weighted by molar-refractivity contribution is 0.201. The van der Waals surface area contributed by atoms with E-state index in [1.165, 1.54) is 58.0 Å². The molecule has 0 heterocycles. The molecule has 1 aliphatic rings. The molecule has 0 amide bonds. The van der Waals surface area contributed by atoms with Crippen molar-refractivity contribution in [3.63, 3.8) is 0 Å². The van der Waals surface area contributed by atoms with Gasteiger partial charge in [-0.2, -0.15) is 0 Å². The summed E-state index contributed by atoms with van der Waals surface area (Å²) in [6, 6.07) is 0.898. The van der Waals surface area contributed by atoms with E-state index in [0.29, 0.717) is 0 Å². The fraction of sp³-hybridized carbons (Fsp3) is 1.00. The number of hydrogen-bond donors (Lipinski definition) is 1. The van der Waals surface area contributed by atoms with Crippen molar-refractivity contribution >= 4 is 0 Å². The van der Waals surface area contributed by atoms with E-state index >= 15 is 0 Å². The lowest BCUT2D eigenvalue weighted by Crippen LogP contribution is -2.34. The van der Waals surface area contributed by atoms with Gasteiger partial charge in [0.25, 0.3) is 0 Å². The minimum Gasteiger partial charge on any atom is -0.330 e. The summed E-state index contributed by atoms with van der Waals surface area (Å²) in [7, 11) is 0. The van der Waals surface area contributed by atoms with E-state index in [9.17, 15) is 0 Å². The zero-order chi connectivity index (χ0) is 11.8. The zero-order valence-electron chi connectivity index (χ0n) is 11.3. The van der Waals surface area contributed by atoms with Gasteiger partial charge in [0.05, 0.1) is 0 Å². The van der Waals surface area contributed by atoms with Crippen LogP contribution >= 0.6 is 0 Å². The molecule has 0 saturated heterocycles. The van der Waals surface area contributed by atoms with Crippen LogP contribution in [0.15, 0.2) is 0 Å². The second-order valence-electron chi connectivity index (χ2n) is 5.39. The predicted molar refractivity (Wildman–Crippen MR) is 71.6 cm³/mol. The number of nitrogens with two attached hydrogens (primary N) is 1. The molecule has 16 heavy (non-hydrogen) atoms. The molecule has 1 atom stereocenters. The summed E-state index contributed by atoms with van der Waals surface area (Å²) < 4.78 is 0. The summed E-state index contributed by atoms with van der Waals surface area (Å²) in [5.74, 6) is 0.812. The van der Waals surface area contributed by atoms with E-state index in [1.54, 1.807) is 0 Å². The molecule has 2 heteroatoms. The number of hydrogen-bond acceptors (Lipinski definition) is 2. The second kappa shape index (κ2) is 8.08. The van der Waals surface area contributed by atoms with Gasteiger partial charge in [0, 0.05) is 6.04 Å². The molecule has 0 aromatic rings. The van der Waals surface area contributed by atoms with Crippen molar-refractivity contribution in [2.75, 3.05) is 19.6 Å². The smallest absolute Gasteiger partial charge is 0.00951 e. The monoisotopic (exact) mass is 226 g/mol. The lowest BCUT2D eigenvalue weighted by Gasteiger charge is -2.27. The summed E-state index contributed by atoms with van der Waals surface area (Å²) in [6.45, 7) is 8.02. The van der Waals surface area contributed by atoms with Crippen LogP contribution < -0.4 is 5.73 Å². The van der Waals surface area contributed by atoms with Crippen LogP contribution in [0.25, 0.3) is 0 Å². The molecular weight excluding hydrogens is 196 g/mol. The average molecular weight is 226 g/mol. The molecule has 0 aromatic heterocycles. The van der Waals surface area contributed by atoms with Gasteiger partial charge >= 0.3 is 0 Å². The Labute approximate surface area is 102 Å². The minimum atomic E-state index is 0.812. The van der Waals surface area contributed by atoms with Crippen molar-refractivity contribution in [3.8, 4) is 0 Å². The van der Waals surface area contributed by atoms with Crippen molar-refractivity contribution in [3.05, 3.63) is 0 Å². The highest BCUT2D eigenvalue weighted by atomic mass is 15.1. The van der Waals surface area contributed by atoms with Gasteiger partial charge in [-0.1, -0.05) is 26.7 Å². The van der Waals surface area contributed by atoms with Crippen LogP contribution in [0.2, 0.25) is 0 Å². The van der Waals surface area contributed by atoms with Crippen LogP contribution in [0.3, 0.4) is 0 Å². The molecule has 1 aliphatic carbocycles. The lowest BCUT2D eigenvalue weighted by atomic mass is 10.0. The topological polar surface area (TPSA) is 29.3 Å². The summed E-state index contributed by atoms with van der Waals surface area (Å²) in [5.41, 5.74) is 5.58. The van der Waals surface area contributed by atoms with Gasteiger partial charge < -0.3 is 10.6 Å². The molecule has 2 nitrogen and oxygen atoms in total. The summed E-state index contributed by atoms with van der Waals surface area (Å²) in [6.07, 6.45) is 9.66. The maximum absolute atomic E-state index is 5.58. The van der Waals surface area contributed by atoms with E-state index in [-0.39, 0.29) is 0 Å². The predicted octanol–water partition coefficient (Wildman–Crippen LogP) is 3.02. The molecular formula is C14H30N2. The summed E-state index contributed by atoms with van der Waals surface area (Å²) >= 11 is 0. The van der Waals surface area contributed by atoms with Gasteiger partial charge in [0.1, 0.15) is 0 Å². The van der Waals surface area contributed by atoms with Crippen LogP contribution in [-0.4, -0.2) is 30.6 Å². The molecule has 1 saturated carbocycles. The molecule has 1 fully saturated rings. The van der Waals surface area contributed by atoms with Crippen LogP contribution in [0.1, 0.15) is 58.8 Å². The van der Waals surface area contributed by atoms with E-state index in [1.807, 2.05) is 0 Å². The molecule has 96 valence electrons. The molecule has 0 aromatic carbocycles. The molecule has 1 unspecified atom stereocenters. The molecule has 1 rings (SSSR count). The molecule has 2 N–H and O–H groups in total. The Kier molecular flexibility index (Phi) is 7.06. The highest BCUT2D eigenvalue weighted by molar-refractivity contribution is 4.76. The Balaban J connectivity index is 2.13. The van der Waals surface area contributed by atoms with Gasteiger partial charge in [-0.3, -0.25) is 0 Å². The fourth-order valence-electron chi connectivity index (χ4n) is 2.94. The maximum atomic E-state index is 5.58. The second-order valence-corrected chi connectivity index (χ2v) is 5.39. The minimum absolute atomic E-state index is 0.812. The normalized spacial score (nSPS) is 19.5. The van der Waals surface area contributed by atoms with Gasteiger partial charge in [0.15, 0.2) is 0 Å². The Bertz CT molecular complexity index is 164. The van der Waals surface area contributed by atoms with Crippen molar-refractivity contribution in [1.82, 2.24) is 4.90 Å². The molecule has 0 bridgehead atoms. The first-order valence-corrected chi connectivity index (χ1v) is 7.22. The molecule has 0 spiro atoms. The van der Waals surface area contributed by atoms with Crippen LogP contribution in [0, 0.1) is 5.92 Å². The fourth-order valence-corrected chi connectivity index (χ4v) is 2.94. The average Bonchev–Trinajstić information content (AvgIpc) is 2.78. The van der Waals surface area contributed by atoms with Crippen LogP contribution in [-0.2, 0) is 0 Å². The SMILES string of the molecule is CCN(CCCC(C)CCN)C1CCCC1. The Morgan fingerprint density at radius 1 is 1.25 bits per heavy atom. The third-order valence-corrected chi connectivity index (χ3v) is 4.05. The third kappa shape index (κ3) is 4.84. The third-order valence-electron chi connectivity index (χ3n) is 4.05. The van der Waals surface area contributed by atoms with Gasteiger partial charge in [0.2, 0.25) is 0 Å². The van der Waals surface area contributed by atoms with E-state index in [0.717, 1.165) is 18.5 Å².